The molecule has 1 aliphatic rings. The van der Waals surface area contributed by atoms with Gasteiger partial charge in [0.15, 0.2) is 5.11 Å². The number of nitrogens with one attached hydrogen (secondary N) is 2. The van der Waals surface area contributed by atoms with Gasteiger partial charge in [-0.3, -0.25) is 9.78 Å². The third-order valence-electron chi connectivity index (χ3n) is 6.54. The normalized spacial score (nSPS) is 17.2. The molecule has 0 saturated carbocycles. The van der Waals surface area contributed by atoms with Gasteiger partial charge in [-0.05, 0) is 72.9 Å². The summed E-state index contributed by atoms with van der Waals surface area (Å²) in [6.45, 7) is 5.55. The van der Waals surface area contributed by atoms with Crippen LogP contribution in [-0.2, 0) is 4.79 Å². The zero-order valence-corrected chi connectivity index (χ0v) is 22.9. The number of nitrogens with zero attached hydrogens (tertiary/aromatic N) is 2. The van der Waals surface area contributed by atoms with Gasteiger partial charge in [0.25, 0.3) is 0 Å². The van der Waals surface area contributed by atoms with Gasteiger partial charge in [0.1, 0.15) is 29.1 Å². The van der Waals surface area contributed by atoms with Crippen LogP contribution >= 0.6 is 12.2 Å². The van der Waals surface area contributed by atoms with E-state index in [1.807, 2.05) is 68.1 Å². The van der Waals surface area contributed by atoms with Crippen LogP contribution in [0.25, 0.3) is 11.3 Å². The van der Waals surface area contributed by atoms with Crippen LogP contribution in [0.4, 0.5) is 15.8 Å². The van der Waals surface area contributed by atoms with Crippen LogP contribution in [0.3, 0.4) is 0 Å². The lowest BCUT2D eigenvalue weighted by molar-refractivity contribution is -0.123. The molecule has 0 bridgehead atoms. The Kier molecular flexibility index (Phi) is 7.10. The molecule has 1 saturated heterocycles. The minimum atomic E-state index is -0.563. The molecule has 2 atom stereocenters. The molecule has 2 unspecified atom stereocenters. The largest absolute Gasteiger partial charge is 0.494 e. The molecule has 200 valence electrons. The van der Waals surface area contributed by atoms with E-state index in [0.29, 0.717) is 28.1 Å². The number of hydrogen-bond acceptors (Lipinski definition) is 5. The zero-order valence-electron chi connectivity index (χ0n) is 22.1. The quantitative estimate of drug-likeness (QED) is 0.263. The fourth-order valence-corrected chi connectivity index (χ4v) is 4.79. The van der Waals surface area contributed by atoms with E-state index in [-0.39, 0.29) is 23.8 Å². The Balaban J connectivity index is 1.55. The SMILES string of the molecule is COc1cc(N2C(=S)NC(c3ccccn3)C2c2ccc(-c3ccc(F)cc3)o2)ccc1NC(=O)C(C)(C)C. The molecule has 5 rings (SSSR count). The Morgan fingerprint density at radius 2 is 1.87 bits per heavy atom. The fraction of sp³-hybridized carbons (Fsp3) is 0.233. The number of amides is 1. The average molecular weight is 545 g/mol. The van der Waals surface area contributed by atoms with E-state index in [2.05, 4.69) is 15.6 Å². The van der Waals surface area contributed by atoms with Crippen molar-refractivity contribution in [1.82, 2.24) is 10.3 Å². The molecule has 4 aromatic rings. The minimum absolute atomic E-state index is 0.121. The molecule has 1 aliphatic heterocycles. The third-order valence-corrected chi connectivity index (χ3v) is 6.85. The fourth-order valence-electron chi connectivity index (χ4n) is 4.45. The first-order chi connectivity index (χ1) is 18.7. The second-order valence-electron chi connectivity index (χ2n) is 10.3. The van der Waals surface area contributed by atoms with Crippen molar-refractivity contribution < 1.29 is 18.3 Å². The summed E-state index contributed by atoms with van der Waals surface area (Å²) in [5.74, 6) is 1.33. The van der Waals surface area contributed by atoms with Crippen molar-refractivity contribution >= 4 is 34.6 Å². The molecule has 39 heavy (non-hydrogen) atoms. The molecule has 2 aromatic carbocycles. The molecule has 0 spiro atoms. The van der Waals surface area contributed by atoms with E-state index < -0.39 is 5.41 Å². The number of aromatic nitrogens is 1. The number of pyridine rings is 1. The van der Waals surface area contributed by atoms with Crippen LogP contribution in [0, 0.1) is 11.2 Å². The second kappa shape index (κ2) is 10.5. The molecule has 9 heteroatoms. The Bertz CT molecular complexity index is 1500. The smallest absolute Gasteiger partial charge is 0.229 e. The second-order valence-corrected chi connectivity index (χ2v) is 10.7. The van der Waals surface area contributed by atoms with Gasteiger partial charge in [0.2, 0.25) is 5.91 Å². The van der Waals surface area contributed by atoms with Crippen LogP contribution in [-0.4, -0.2) is 23.1 Å². The Labute approximate surface area is 232 Å². The van der Waals surface area contributed by atoms with Crippen molar-refractivity contribution in [3.63, 3.8) is 0 Å². The van der Waals surface area contributed by atoms with Crippen LogP contribution in [0.5, 0.6) is 5.75 Å². The number of thiocarbonyl (C=S) groups is 1. The molecule has 1 fully saturated rings. The molecule has 0 radical (unpaired) electrons. The summed E-state index contributed by atoms with van der Waals surface area (Å²) in [6.07, 6.45) is 1.74. The summed E-state index contributed by atoms with van der Waals surface area (Å²) in [7, 11) is 1.56. The van der Waals surface area contributed by atoms with Crippen molar-refractivity contribution in [2.24, 2.45) is 5.41 Å². The molecular weight excluding hydrogens is 515 g/mol. The number of anilines is 2. The first-order valence-electron chi connectivity index (χ1n) is 12.5. The maximum absolute atomic E-state index is 13.5. The maximum atomic E-state index is 13.5. The van der Waals surface area contributed by atoms with Gasteiger partial charge in [-0.15, -0.1) is 0 Å². The number of hydrogen-bond donors (Lipinski definition) is 2. The van der Waals surface area contributed by atoms with Crippen LogP contribution < -0.4 is 20.3 Å². The molecule has 3 heterocycles. The first-order valence-corrected chi connectivity index (χ1v) is 12.9. The van der Waals surface area contributed by atoms with Gasteiger partial charge in [-0.25, -0.2) is 4.39 Å². The average Bonchev–Trinajstić information content (AvgIpc) is 3.54. The highest BCUT2D eigenvalue weighted by molar-refractivity contribution is 7.80. The Hall–Kier alpha value is -4.24. The van der Waals surface area contributed by atoms with Crippen molar-refractivity contribution in [2.75, 3.05) is 17.3 Å². The molecule has 2 aromatic heterocycles. The summed E-state index contributed by atoms with van der Waals surface area (Å²) in [4.78, 5) is 19.2. The van der Waals surface area contributed by atoms with Gasteiger partial charge in [-0.1, -0.05) is 26.8 Å². The van der Waals surface area contributed by atoms with Gasteiger partial charge in [0, 0.05) is 28.9 Å². The van der Waals surface area contributed by atoms with E-state index >= 15 is 0 Å². The number of benzene rings is 2. The van der Waals surface area contributed by atoms with E-state index in [9.17, 15) is 9.18 Å². The summed E-state index contributed by atoms with van der Waals surface area (Å²) < 4.78 is 25.5. The van der Waals surface area contributed by atoms with Crippen molar-refractivity contribution in [1.29, 1.82) is 0 Å². The standard InChI is InChI=1S/C30H29FN4O3S/c1-30(2,3)28(36)33-21-13-12-20(17-25(21)37-4)35-27(26(34-29(35)39)22-7-5-6-16-32-22)24-15-14-23(38-24)18-8-10-19(31)11-9-18/h5-17,26-27H,1-4H3,(H,33,36)(H,34,39). The number of rotatable bonds is 6. The molecule has 7 nitrogen and oxygen atoms in total. The number of methoxy groups -OCH3 is 1. The predicted octanol–water partition coefficient (Wildman–Crippen LogP) is 6.65. The van der Waals surface area contributed by atoms with Gasteiger partial charge >= 0.3 is 0 Å². The molecule has 2 N–H and O–H groups in total. The lowest BCUT2D eigenvalue weighted by atomic mass is 9.95. The van der Waals surface area contributed by atoms with Crippen molar-refractivity contribution in [2.45, 2.75) is 32.9 Å². The zero-order chi connectivity index (χ0) is 27.7. The van der Waals surface area contributed by atoms with Gasteiger partial charge < -0.3 is 24.7 Å². The number of carbonyl (C=O) groups excluding carboxylic acids is 1. The van der Waals surface area contributed by atoms with Crippen molar-refractivity contribution in [3.8, 4) is 17.1 Å². The van der Waals surface area contributed by atoms with E-state index in [4.69, 9.17) is 21.4 Å². The summed E-state index contributed by atoms with van der Waals surface area (Å²) in [5.41, 5.74) is 2.31. The molecular formula is C30H29FN4O3S. The maximum Gasteiger partial charge on any atom is 0.229 e. The Morgan fingerprint density at radius 3 is 2.54 bits per heavy atom. The number of ether oxygens (including phenoxy) is 1. The first kappa shape index (κ1) is 26.4. The van der Waals surface area contributed by atoms with Crippen LogP contribution in [0.2, 0.25) is 0 Å². The highest BCUT2D eigenvalue weighted by Crippen LogP contribution is 2.44. The van der Waals surface area contributed by atoms with E-state index in [0.717, 1.165) is 16.9 Å². The van der Waals surface area contributed by atoms with E-state index in [1.165, 1.54) is 12.1 Å². The van der Waals surface area contributed by atoms with E-state index in [1.54, 1.807) is 31.5 Å². The highest BCUT2D eigenvalue weighted by atomic mass is 32.1. The summed E-state index contributed by atoms with van der Waals surface area (Å²) >= 11 is 5.82. The summed E-state index contributed by atoms with van der Waals surface area (Å²) in [6, 6.07) is 20.5. The van der Waals surface area contributed by atoms with Crippen LogP contribution in [0.15, 0.2) is 83.4 Å². The molecule has 0 aliphatic carbocycles. The monoisotopic (exact) mass is 544 g/mol. The Morgan fingerprint density at radius 1 is 1.10 bits per heavy atom. The molecule has 1 amide bonds. The number of furan rings is 1. The lowest BCUT2D eigenvalue weighted by Crippen LogP contribution is -2.30. The number of carbonyl (C=O) groups is 1. The third kappa shape index (κ3) is 5.35. The van der Waals surface area contributed by atoms with Crippen LogP contribution in [0.1, 0.15) is 44.3 Å². The summed E-state index contributed by atoms with van der Waals surface area (Å²) in [5, 5.41) is 6.84. The topological polar surface area (TPSA) is 79.6 Å². The van der Waals surface area contributed by atoms with Crippen molar-refractivity contribution in [3.05, 3.63) is 96.3 Å². The lowest BCUT2D eigenvalue weighted by Gasteiger charge is -2.27. The van der Waals surface area contributed by atoms with Gasteiger partial charge in [0.05, 0.1) is 24.5 Å². The minimum Gasteiger partial charge on any atom is -0.494 e. The highest BCUT2D eigenvalue weighted by Gasteiger charge is 2.43. The van der Waals surface area contributed by atoms with Gasteiger partial charge in [-0.2, -0.15) is 0 Å². The predicted molar refractivity (Wildman–Crippen MR) is 153 cm³/mol. The number of halogens is 1.